The summed E-state index contributed by atoms with van der Waals surface area (Å²) in [5, 5.41) is 11.3. The predicted octanol–water partition coefficient (Wildman–Crippen LogP) is 2.37. The van der Waals surface area contributed by atoms with E-state index in [1.54, 1.807) is 6.92 Å². The molecule has 0 saturated heterocycles. The van der Waals surface area contributed by atoms with E-state index in [0.29, 0.717) is 5.75 Å². The lowest BCUT2D eigenvalue weighted by Crippen LogP contribution is -2.37. The standard InChI is InChI=1S/C18H20N2O8S/c1-4-28-18(21)12-19(13-9-10-15(26-2)16(11-13)27-3)29(24,25)17-8-6-5-7-14(17)20(22)23/h5-11H,4,12H2,1-3H3. The third-order valence-corrected chi connectivity index (χ3v) is 5.68. The Hall–Kier alpha value is -3.34. The molecular weight excluding hydrogens is 404 g/mol. The zero-order chi connectivity index (χ0) is 21.6. The number of hydrogen-bond acceptors (Lipinski definition) is 8. The molecule has 0 atom stereocenters. The van der Waals surface area contributed by atoms with Crippen LogP contribution >= 0.6 is 0 Å². The average molecular weight is 424 g/mol. The van der Waals surface area contributed by atoms with Gasteiger partial charge in [0.15, 0.2) is 16.4 Å². The number of anilines is 1. The largest absolute Gasteiger partial charge is 0.493 e. The van der Waals surface area contributed by atoms with Crippen molar-refractivity contribution in [3.05, 3.63) is 52.6 Å². The first-order valence-corrected chi connectivity index (χ1v) is 9.84. The highest BCUT2D eigenvalue weighted by Gasteiger charge is 2.33. The minimum Gasteiger partial charge on any atom is -0.493 e. The first kappa shape index (κ1) is 22.0. The SMILES string of the molecule is CCOC(=O)CN(c1ccc(OC)c(OC)c1)S(=O)(=O)c1ccccc1[N+](=O)[O-]. The van der Waals surface area contributed by atoms with Crippen LogP contribution in [0.25, 0.3) is 0 Å². The molecule has 2 aromatic carbocycles. The first-order chi connectivity index (χ1) is 13.8. The van der Waals surface area contributed by atoms with Gasteiger partial charge < -0.3 is 14.2 Å². The molecule has 0 spiro atoms. The van der Waals surface area contributed by atoms with E-state index >= 15 is 0 Å². The number of carbonyl (C=O) groups is 1. The topological polar surface area (TPSA) is 125 Å². The summed E-state index contributed by atoms with van der Waals surface area (Å²) in [4.78, 5) is 22.1. The maximum Gasteiger partial charge on any atom is 0.326 e. The van der Waals surface area contributed by atoms with Gasteiger partial charge in [0, 0.05) is 12.1 Å². The van der Waals surface area contributed by atoms with Gasteiger partial charge in [0.1, 0.15) is 6.54 Å². The van der Waals surface area contributed by atoms with Crippen molar-refractivity contribution in [2.45, 2.75) is 11.8 Å². The maximum absolute atomic E-state index is 13.3. The molecule has 2 rings (SSSR count). The molecule has 0 aliphatic heterocycles. The van der Waals surface area contributed by atoms with Crippen LogP contribution in [0.15, 0.2) is 47.4 Å². The molecule has 0 aliphatic rings. The minimum absolute atomic E-state index is 0.0458. The number of benzene rings is 2. The molecule has 0 fully saturated rings. The number of ether oxygens (including phenoxy) is 3. The van der Waals surface area contributed by atoms with Crippen LogP contribution in [0.1, 0.15) is 6.92 Å². The molecule has 11 heteroatoms. The van der Waals surface area contributed by atoms with Gasteiger partial charge >= 0.3 is 5.97 Å². The zero-order valence-corrected chi connectivity index (χ0v) is 16.8. The lowest BCUT2D eigenvalue weighted by atomic mass is 10.2. The molecule has 0 bridgehead atoms. The van der Waals surface area contributed by atoms with Crippen molar-refractivity contribution in [2.24, 2.45) is 0 Å². The highest BCUT2D eigenvalue weighted by atomic mass is 32.2. The van der Waals surface area contributed by atoms with Crippen LogP contribution < -0.4 is 13.8 Å². The van der Waals surface area contributed by atoms with Crippen LogP contribution in [0.5, 0.6) is 11.5 Å². The molecule has 0 aromatic heterocycles. The van der Waals surface area contributed by atoms with Crippen molar-refractivity contribution in [2.75, 3.05) is 31.7 Å². The van der Waals surface area contributed by atoms with Gasteiger partial charge in [-0.2, -0.15) is 0 Å². The van der Waals surface area contributed by atoms with Crippen LogP contribution in [-0.4, -0.2) is 46.7 Å². The van der Waals surface area contributed by atoms with Crippen LogP contribution in [0, 0.1) is 10.1 Å². The Bertz CT molecular complexity index is 1010. The van der Waals surface area contributed by atoms with E-state index in [9.17, 15) is 23.3 Å². The Morgan fingerprint density at radius 3 is 2.34 bits per heavy atom. The van der Waals surface area contributed by atoms with Gasteiger partial charge in [-0.3, -0.25) is 19.2 Å². The van der Waals surface area contributed by atoms with E-state index in [1.165, 1.54) is 44.6 Å². The fraction of sp³-hybridized carbons (Fsp3) is 0.278. The maximum atomic E-state index is 13.3. The highest BCUT2D eigenvalue weighted by Crippen LogP contribution is 2.35. The van der Waals surface area contributed by atoms with Crippen molar-refractivity contribution in [1.29, 1.82) is 0 Å². The number of para-hydroxylation sites is 1. The quantitative estimate of drug-likeness (QED) is 0.341. The van der Waals surface area contributed by atoms with E-state index in [-0.39, 0.29) is 18.0 Å². The molecule has 156 valence electrons. The second-order valence-corrected chi connectivity index (χ2v) is 7.41. The van der Waals surface area contributed by atoms with Crippen molar-refractivity contribution in [1.82, 2.24) is 0 Å². The number of esters is 1. The number of hydrogen-bond donors (Lipinski definition) is 0. The van der Waals surface area contributed by atoms with Gasteiger partial charge in [0.25, 0.3) is 15.7 Å². The third-order valence-electron chi connectivity index (χ3n) is 3.86. The fourth-order valence-electron chi connectivity index (χ4n) is 2.56. The Morgan fingerprint density at radius 1 is 1.10 bits per heavy atom. The molecule has 0 radical (unpaired) electrons. The van der Waals surface area contributed by atoms with E-state index < -0.39 is 38.0 Å². The number of nitro groups is 1. The van der Waals surface area contributed by atoms with Crippen LogP contribution in [-0.2, 0) is 19.6 Å². The van der Waals surface area contributed by atoms with Gasteiger partial charge in [-0.05, 0) is 25.1 Å². The lowest BCUT2D eigenvalue weighted by molar-refractivity contribution is -0.387. The Morgan fingerprint density at radius 2 is 1.76 bits per heavy atom. The van der Waals surface area contributed by atoms with Crippen molar-refractivity contribution < 1.29 is 32.3 Å². The molecule has 0 aliphatic carbocycles. The second kappa shape index (κ2) is 9.24. The highest BCUT2D eigenvalue weighted by molar-refractivity contribution is 7.93. The van der Waals surface area contributed by atoms with Crippen molar-refractivity contribution in [3.63, 3.8) is 0 Å². The van der Waals surface area contributed by atoms with E-state index in [1.807, 2.05) is 0 Å². The number of nitrogens with zero attached hydrogens (tertiary/aromatic N) is 2. The molecule has 0 unspecified atom stereocenters. The predicted molar refractivity (Wildman–Crippen MR) is 104 cm³/mol. The molecule has 29 heavy (non-hydrogen) atoms. The number of nitro benzene ring substituents is 1. The number of sulfonamides is 1. The molecule has 0 saturated carbocycles. The Kier molecular flexibility index (Phi) is 6.99. The molecular formula is C18H20N2O8S. The van der Waals surface area contributed by atoms with E-state index in [0.717, 1.165) is 16.4 Å². The van der Waals surface area contributed by atoms with Gasteiger partial charge in [0.2, 0.25) is 0 Å². The fourth-order valence-corrected chi connectivity index (χ4v) is 4.13. The summed E-state index contributed by atoms with van der Waals surface area (Å²) in [5.41, 5.74) is -0.560. The van der Waals surface area contributed by atoms with Gasteiger partial charge in [0.05, 0.1) is 31.4 Å². The van der Waals surface area contributed by atoms with Crippen molar-refractivity contribution >= 4 is 27.4 Å². The molecule has 0 N–H and O–H groups in total. The summed E-state index contributed by atoms with van der Waals surface area (Å²) in [5.74, 6) is -0.253. The number of methoxy groups -OCH3 is 2. The number of rotatable bonds is 9. The summed E-state index contributed by atoms with van der Waals surface area (Å²) in [7, 11) is -1.71. The summed E-state index contributed by atoms with van der Waals surface area (Å²) < 4.78 is 42.5. The molecule has 2 aromatic rings. The monoisotopic (exact) mass is 424 g/mol. The van der Waals surface area contributed by atoms with E-state index in [4.69, 9.17) is 14.2 Å². The Balaban J connectivity index is 2.65. The summed E-state index contributed by atoms with van der Waals surface area (Å²) >= 11 is 0. The summed E-state index contributed by atoms with van der Waals surface area (Å²) in [6.07, 6.45) is 0. The number of carbonyl (C=O) groups excluding carboxylic acids is 1. The molecule has 0 amide bonds. The zero-order valence-electron chi connectivity index (χ0n) is 16.0. The van der Waals surface area contributed by atoms with Gasteiger partial charge in [-0.15, -0.1) is 0 Å². The molecule has 0 heterocycles. The van der Waals surface area contributed by atoms with Crippen LogP contribution in [0.3, 0.4) is 0 Å². The normalized spacial score (nSPS) is 10.9. The average Bonchev–Trinajstić information content (AvgIpc) is 2.71. The minimum atomic E-state index is -4.49. The first-order valence-electron chi connectivity index (χ1n) is 8.40. The summed E-state index contributed by atoms with van der Waals surface area (Å²) in [6.45, 7) is 0.941. The smallest absolute Gasteiger partial charge is 0.326 e. The van der Waals surface area contributed by atoms with Crippen LogP contribution in [0.2, 0.25) is 0 Å². The van der Waals surface area contributed by atoms with Crippen LogP contribution in [0.4, 0.5) is 11.4 Å². The third kappa shape index (κ3) is 4.74. The van der Waals surface area contributed by atoms with Crippen molar-refractivity contribution in [3.8, 4) is 11.5 Å². The lowest BCUT2D eigenvalue weighted by Gasteiger charge is -2.24. The summed E-state index contributed by atoms with van der Waals surface area (Å²) in [6, 6.07) is 9.09. The Labute approximate surface area is 167 Å². The second-order valence-electron chi connectivity index (χ2n) is 5.58. The van der Waals surface area contributed by atoms with E-state index in [2.05, 4.69) is 0 Å². The van der Waals surface area contributed by atoms with Gasteiger partial charge in [-0.1, -0.05) is 12.1 Å². The van der Waals surface area contributed by atoms with Gasteiger partial charge in [-0.25, -0.2) is 8.42 Å². The molecule has 10 nitrogen and oxygen atoms in total.